The summed E-state index contributed by atoms with van der Waals surface area (Å²) in [6, 6.07) is 5.50. The summed E-state index contributed by atoms with van der Waals surface area (Å²) in [6.45, 7) is 4.11. The van der Waals surface area contributed by atoms with Crippen LogP contribution in [0.3, 0.4) is 0 Å². The molecule has 130 valence electrons. The number of hydrogen-bond acceptors (Lipinski definition) is 5. The van der Waals surface area contributed by atoms with Gasteiger partial charge in [0.1, 0.15) is 5.75 Å². The minimum Gasteiger partial charge on any atom is -0.496 e. The first kappa shape index (κ1) is 18.6. The van der Waals surface area contributed by atoms with Crippen LogP contribution in [-0.4, -0.2) is 40.0 Å². The summed E-state index contributed by atoms with van der Waals surface area (Å²) < 4.78 is 5.31. The van der Waals surface area contributed by atoms with Crippen LogP contribution in [0.2, 0.25) is 5.02 Å². The molecule has 6 nitrogen and oxygen atoms in total. The van der Waals surface area contributed by atoms with Gasteiger partial charge in [-0.25, -0.2) is 4.98 Å². The number of aromatic nitrogens is 3. The second-order valence-electron chi connectivity index (χ2n) is 5.18. The van der Waals surface area contributed by atoms with Gasteiger partial charge in [0.25, 0.3) is 0 Å². The van der Waals surface area contributed by atoms with E-state index in [0.717, 1.165) is 18.4 Å². The molecule has 1 amide bonds. The number of benzene rings is 1. The van der Waals surface area contributed by atoms with E-state index < -0.39 is 0 Å². The number of ether oxygens (including phenoxy) is 1. The average Bonchev–Trinajstić information content (AvgIpc) is 3.06. The van der Waals surface area contributed by atoms with Crippen LogP contribution in [0.5, 0.6) is 5.75 Å². The predicted molar refractivity (Wildman–Crippen MR) is 96.6 cm³/mol. The minimum atomic E-state index is -0.0135. The van der Waals surface area contributed by atoms with E-state index in [4.69, 9.17) is 16.3 Å². The standard InChI is InChI=1S/C16H21ClN4O2S/c1-4-11(5-2)18-14(22)9-24-16-19-15(20-21-16)12-8-10(17)6-7-13(12)23-3/h6-8,11H,4-5,9H2,1-3H3,(H,18,22)(H,19,20,21). The lowest BCUT2D eigenvalue weighted by Gasteiger charge is -2.13. The van der Waals surface area contributed by atoms with Gasteiger partial charge in [0.2, 0.25) is 11.1 Å². The molecule has 0 saturated heterocycles. The lowest BCUT2D eigenvalue weighted by Crippen LogP contribution is -2.35. The molecule has 0 saturated carbocycles. The van der Waals surface area contributed by atoms with Crippen LogP contribution in [0.1, 0.15) is 26.7 Å². The maximum absolute atomic E-state index is 11.9. The number of nitrogens with one attached hydrogen (secondary N) is 2. The maximum Gasteiger partial charge on any atom is 0.230 e. The molecule has 2 aromatic rings. The summed E-state index contributed by atoms with van der Waals surface area (Å²) in [6.07, 6.45) is 1.85. The summed E-state index contributed by atoms with van der Waals surface area (Å²) >= 11 is 7.32. The Morgan fingerprint density at radius 3 is 2.83 bits per heavy atom. The van der Waals surface area contributed by atoms with E-state index in [1.54, 1.807) is 25.3 Å². The zero-order chi connectivity index (χ0) is 17.5. The van der Waals surface area contributed by atoms with Gasteiger partial charge in [0.05, 0.1) is 18.4 Å². The number of carbonyl (C=O) groups is 1. The number of rotatable bonds is 8. The second kappa shape index (κ2) is 8.94. The molecular weight excluding hydrogens is 348 g/mol. The third kappa shape index (κ3) is 4.88. The number of methoxy groups -OCH3 is 1. The average molecular weight is 369 g/mol. The quantitative estimate of drug-likeness (QED) is 0.697. The highest BCUT2D eigenvalue weighted by Gasteiger charge is 2.14. The zero-order valence-electron chi connectivity index (χ0n) is 13.9. The molecule has 0 aliphatic rings. The second-order valence-corrected chi connectivity index (χ2v) is 6.56. The van der Waals surface area contributed by atoms with Gasteiger partial charge in [-0.1, -0.05) is 37.2 Å². The minimum absolute atomic E-state index is 0.0135. The van der Waals surface area contributed by atoms with Crippen molar-refractivity contribution in [3.05, 3.63) is 23.2 Å². The number of hydrogen-bond donors (Lipinski definition) is 2. The maximum atomic E-state index is 11.9. The van der Waals surface area contributed by atoms with Gasteiger partial charge in [0, 0.05) is 11.1 Å². The molecule has 0 atom stereocenters. The fourth-order valence-electron chi connectivity index (χ4n) is 2.19. The highest BCUT2D eigenvalue weighted by molar-refractivity contribution is 7.99. The largest absolute Gasteiger partial charge is 0.496 e. The summed E-state index contributed by atoms with van der Waals surface area (Å²) in [5.74, 6) is 1.47. The summed E-state index contributed by atoms with van der Waals surface area (Å²) in [5.41, 5.74) is 0.728. The van der Waals surface area contributed by atoms with Gasteiger partial charge in [-0.15, -0.1) is 5.10 Å². The molecule has 8 heteroatoms. The number of thioether (sulfide) groups is 1. The molecule has 0 radical (unpaired) electrons. The first-order valence-electron chi connectivity index (χ1n) is 7.75. The third-order valence-corrected chi connectivity index (χ3v) is 4.65. The summed E-state index contributed by atoms with van der Waals surface area (Å²) in [7, 11) is 1.58. The number of aromatic amines is 1. The van der Waals surface area contributed by atoms with E-state index >= 15 is 0 Å². The molecule has 0 spiro atoms. The smallest absolute Gasteiger partial charge is 0.230 e. The van der Waals surface area contributed by atoms with Gasteiger partial charge in [-0.3, -0.25) is 9.89 Å². The van der Waals surface area contributed by atoms with Crippen LogP contribution >= 0.6 is 23.4 Å². The molecule has 0 aliphatic heterocycles. The number of carbonyl (C=O) groups excluding carboxylic acids is 1. The van der Waals surface area contributed by atoms with Crippen molar-refractivity contribution >= 4 is 29.3 Å². The Labute approximate surface area is 150 Å². The van der Waals surface area contributed by atoms with Crippen molar-refractivity contribution in [3.63, 3.8) is 0 Å². The number of nitrogens with zero attached hydrogens (tertiary/aromatic N) is 2. The normalized spacial score (nSPS) is 10.9. The lowest BCUT2D eigenvalue weighted by molar-refractivity contribution is -0.119. The van der Waals surface area contributed by atoms with Crippen LogP contribution in [-0.2, 0) is 4.79 Å². The molecule has 24 heavy (non-hydrogen) atoms. The van der Waals surface area contributed by atoms with E-state index in [-0.39, 0.29) is 17.7 Å². The molecule has 0 bridgehead atoms. The van der Waals surface area contributed by atoms with E-state index in [1.165, 1.54) is 11.8 Å². The fourth-order valence-corrected chi connectivity index (χ4v) is 2.97. The first-order valence-corrected chi connectivity index (χ1v) is 9.12. The summed E-state index contributed by atoms with van der Waals surface area (Å²) in [5, 5.41) is 11.1. The molecule has 1 heterocycles. The number of amides is 1. The Morgan fingerprint density at radius 2 is 2.17 bits per heavy atom. The van der Waals surface area contributed by atoms with Crippen molar-refractivity contribution in [2.45, 2.75) is 37.9 Å². The molecule has 0 unspecified atom stereocenters. The van der Waals surface area contributed by atoms with E-state index in [1.807, 2.05) is 0 Å². The van der Waals surface area contributed by atoms with Gasteiger partial charge in [-0.05, 0) is 31.0 Å². The fraction of sp³-hybridized carbons (Fsp3) is 0.438. The van der Waals surface area contributed by atoms with Gasteiger partial charge < -0.3 is 10.1 Å². The van der Waals surface area contributed by atoms with Crippen molar-refractivity contribution in [2.24, 2.45) is 0 Å². The van der Waals surface area contributed by atoms with Crippen molar-refractivity contribution in [1.29, 1.82) is 0 Å². The SMILES string of the molecule is CCC(CC)NC(=O)CSc1n[nH]c(-c2cc(Cl)ccc2OC)n1. The Bertz CT molecular complexity index is 688. The van der Waals surface area contributed by atoms with Gasteiger partial charge in [0.15, 0.2) is 5.82 Å². The Morgan fingerprint density at radius 1 is 1.42 bits per heavy atom. The topological polar surface area (TPSA) is 79.9 Å². The van der Waals surface area contributed by atoms with Crippen molar-refractivity contribution < 1.29 is 9.53 Å². The van der Waals surface area contributed by atoms with E-state index in [0.29, 0.717) is 21.8 Å². The van der Waals surface area contributed by atoms with E-state index in [2.05, 4.69) is 34.3 Å². The monoisotopic (exact) mass is 368 g/mol. The molecule has 0 aliphatic carbocycles. The summed E-state index contributed by atoms with van der Waals surface area (Å²) in [4.78, 5) is 16.3. The Hall–Kier alpha value is -1.73. The van der Waals surface area contributed by atoms with Crippen molar-refractivity contribution in [3.8, 4) is 17.1 Å². The Kier molecular flexibility index (Phi) is 6.93. The predicted octanol–water partition coefficient (Wildman–Crippen LogP) is 3.53. The molecular formula is C16H21ClN4O2S. The first-order chi connectivity index (χ1) is 11.6. The highest BCUT2D eigenvalue weighted by Crippen LogP contribution is 2.31. The zero-order valence-corrected chi connectivity index (χ0v) is 15.5. The van der Waals surface area contributed by atoms with Crippen LogP contribution in [0, 0.1) is 0 Å². The number of H-pyrrole nitrogens is 1. The highest BCUT2D eigenvalue weighted by atomic mass is 35.5. The third-order valence-electron chi connectivity index (χ3n) is 3.56. The van der Waals surface area contributed by atoms with Crippen molar-refractivity contribution in [2.75, 3.05) is 12.9 Å². The van der Waals surface area contributed by atoms with Crippen LogP contribution in [0.4, 0.5) is 0 Å². The Balaban J connectivity index is 2.01. The number of halogens is 1. The van der Waals surface area contributed by atoms with Crippen LogP contribution in [0.25, 0.3) is 11.4 Å². The van der Waals surface area contributed by atoms with E-state index in [9.17, 15) is 4.79 Å². The molecule has 2 N–H and O–H groups in total. The van der Waals surface area contributed by atoms with Gasteiger partial charge >= 0.3 is 0 Å². The van der Waals surface area contributed by atoms with Crippen LogP contribution in [0.15, 0.2) is 23.4 Å². The molecule has 0 fully saturated rings. The van der Waals surface area contributed by atoms with Crippen LogP contribution < -0.4 is 10.1 Å². The molecule has 1 aromatic heterocycles. The van der Waals surface area contributed by atoms with Crippen molar-refractivity contribution in [1.82, 2.24) is 20.5 Å². The molecule has 2 rings (SSSR count). The lowest BCUT2D eigenvalue weighted by atomic mass is 10.2. The van der Waals surface area contributed by atoms with Gasteiger partial charge in [-0.2, -0.15) is 0 Å². The molecule has 1 aromatic carbocycles.